The predicted molar refractivity (Wildman–Crippen MR) is 109 cm³/mol. The number of benzene rings is 3. The second-order valence-electron chi connectivity index (χ2n) is 6.63. The van der Waals surface area contributed by atoms with Crippen LogP contribution in [0.15, 0.2) is 79.1 Å². The molecule has 0 aliphatic heterocycles. The highest BCUT2D eigenvalue weighted by molar-refractivity contribution is 5.94. The van der Waals surface area contributed by atoms with E-state index in [-0.39, 0.29) is 5.91 Å². The molecule has 1 heterocycles. The van der Waals surface area contributed by atoms with Crippen LogP contribution in [0.4, 0.5) is 0 Å². The first-order valence-electron chi connectivity index (χ1n) is 9.12. The van der Waals surface area contributed by atoms with Crippen LogP contribution in [0.3, 0.4) is 0 Å². The van der Waals surface area contributed by atoms with E-state index in [0.717, 1.165) is 27.6 Å². The molecule has 5 nitrogen and oxygen atoms in total. The number of hydrogen-bond acceptors (Lipinski definition) is 3. The smallest absolute Gasteiger partial charge is 0.251 e. The van der Waals surface area contributed by atoms with Crippen LogP contribution in [0, 0.1) is 0 Å². The molecule has 140 valence electrons. The van der Waals surface area contributed by atoms with Crippen LogP contribution in [0.1, 0.15) is 21.5 Å². The minimum atomic E-state index is -0.0829. The third-order valence-electron chi connectivity index (χ3n) is 4.68. The number of carbonyl (C=O) groups is 1. The Morgan fingerprint density at radius 3 is 2.50 bits per heavy atom. The molecule has 3 aromatic carbocycles. The Bertz CT molecular complexity index is 1090. The van der Waals surface area contributed by atoms with Gasteiger partial charge in [0.2, 0.25) is 0 Å². The monoisotopic (exact) mass is 371 g/mol. The van der Waals surface area contributed by atoms with Crippen molar-refractivity contribution >= 4 is 16.7 Å². The maximum atomic E-state index is 12.4. The van der Waals surface area contributed by atoms with Gasteiger partial charge in [0, 0.05) is 24.5 Å². The van der Waals surface area contributed by atoms with E-state index < -0.39 is 0 Å². The highest BCUT2D eigenvalue weighted by Crippen LogP contribution is 2.21. The quantitative estimate of drug-likeness (QED) is 0.557. The molecule has 0 atom stereocenters. The fraction of sp³-hybridized carbons (Fsp3) is 0.130. The zero-order valence-corrected chi connectivity index (χ0v) is 15.6. The predicted octanol–water partition coefficient (Wildman–Crippen LogP) is 4.02. The number of ether oxygens (including phenoxy) is 1. The van der Waals surface area contributed by atoms with Crippen LogP contribution in [-0.2, 0) is 13.1 Å². The molecule has 0 saturated carbocycles. The number of nitrogens with zero attached hydrogens (tertiary/aromatic N) is 2. The normalized spacial score (nSPS) is 10.8. The number of methoxy groups -OCH3 is 1. The van der Waals surface area contributed by atoms with Gasteiger partial charge in [-0.1, -0.05) is 30.3 Å². The summed E-state index contributed by atoms with van der Waals surface area (Å²) in [5.41, 5.74) is 2.81. The molecule has 1 aromatic heterocycles. The van der Waals surface area contributed by atoms with Gasteiger partial charge in [0.05, 0.1) is 13.7 Å². The Morgan fingerprint density at radius 2 is 1.75 bits per heavy atom. The van der Waals surface area contributed by atoms with Gasteiger partial charge in [0.25, 0.3) is 5.91 Å². The van der Waals surface area contributed by atoms with Gasteiger partial charge in [0.1, 0.15) is 5.75 Å². The maximum absolute atomic E-state index is 12.4. The number of hydrogen-bond donors (Lipinski definition) is 1. The lowest BCUT2D eigenvalue weighted by molar-refractivity contribution is 0.0951. The maximum Gasteiger partial charge on any atom is 0.251 e. The summed E-state index contributed by atoms with van der Waals surface area (Å²) < 4.78 is 7.11. The van der Waals surface area contributed by atoms with Crippen molar-refractivity contribution in [3.8, 4) is 5.75 Å². The molecule has 0 saturated heterocycles. The minimum Gasteiger partial charge on any atom is -0.497 e. The zero-order valence-electron chi connectivity index (χ0n) is 15.6. The third kappa shape index (κ3) is 4.04. The molecule has 28 heavy (non-hydrogen) atoms. The van der Waals surface area contributed by atoms with E-state index in [1.54, 1.807) is 13.3 Å². The van der Waals surface area contributed by atoms with Crippen molar-refractivity contribution in [2.75, 3.05) is 7.11 Å². The molecule has 1 N–H and O–H groups in total. The van der Waals surface area contributed by atoms with Gasteiger partial charge >= 0.3 is 0 Å². The molecule has 0 radical (unpaired) electrons. The number of nitrogens with one attached hydrogen (secondary N) is 1. The molecule has 4 aromatic rings. The lowest BCUT2D eigenvalue weighted by atomic mass is 10.1. The van der Waals surface area contributed by atoms with E-state index in [4.69, 9.17) is 4.74 Å². The van der Waals surface area contributed by atoms with E-state index in [9.17, 15) is 4.79 Å². The van der Waals surface area contributed by atoms with Crippen molar-refractivity contribution in [1.82, 2.24) is 15.1 Å². The second kappa shape index (κ2) is 7.96. The van der Waals surface area contributed by atoms with Crippen molar-refractivity contribution in [3.63, 3.8) is 0 Å². The highest BCUT2D eigenvalue weighted by atomic mass is 16.5. The summed E-state index contributed by atoms with van der Waals surface area (Å²) in [5, 5.41) is 9.41. The number of fused-ring (bicyclic) bond motifs is 1. The van der Waals surface area contributed by atoms with Crippen LogP contribution in [0.5, 0.6) is 5.75 Å². The minimum absolute atomic E-state index is 0.0829. The topological polar surface area (TPSA) is 56.1 Å². The fourth-order valence-corrected chi connectivity index (χ4v) is 3.14. The van der Waals surface area contributed by atoms with E-state index in [1.165, 1.54) is 0 Å². The number of carbonyl (C=O) groups excluding carboxylic acids is 1. The Hall–Kier alpha value is -3.60. The van der Waals surface area contributed by atoms with E-state index >= 15 is 0 Å². The standard InChI is InChI=1S/C23H21N3O2/c1-28-22-10-9-20-13-18(5-8-21(20)14-22)15-24-23(27)19-6-3-17(4-7-19)16-26-12-2-11-25-26/h2-14H,15-16H2,1H3,(H,24,27). The molecular formula is C23H21N3O2. The Labute approximate surface area is 163 Å². The van der Waals surface area contributed by atoms with Crippen LogP contribution in [0.25, 0.3) is 10.8 Å². The van der Waals surface area contributed by atoms with Gasteiger partial charge in [-0.15, -0.1) is 0 Å². The van der Waals surface area contributed by atoms with E-state index in [0.29, 0.717) is 18.7 Å². The Morgan fingerprint density at radius 1 is 1.00 bits per heavy atom. The molecule has 0 aliphatic carbocycles. The summed E-state index contributed by atoms with van der Waals surface area (Å²) in [6.07, 6.45) is 3.67. The molecule has 5 heteroatoms. The first-order chi connectivity index (χ1) is 13.7. The average Bonchev–Trinajstić information content (AvgIpc) is 3.25. The van der Waals surface area contributed by atoms with Gasteiger partial charge < -0.3 is 10.1 Å². The summed E-state index contributed by atoms with van der Waals surface area (Å²) in [6.45, 7) is 1.17. The van der Waals surface area contributed by atoms with Gasteiger partial charge in [-0.05, 0) is 58.3 Å². The lowest BCUT2D eigenvalue weighted by Crippen LogP contribution is -2.22. The van der Waals surface area contributed by atoms with Crippen molar-refractivity contribution in [2.45, 2.75) is 13.1 Å². The molecular weight excluding hydrogens is 350 g/mol. The molecule has 0 unspecified atom stereocenters. The molecule has 0 aliphatic rings. The Balaban J connectivity index is 1.39. The molecule has 0 spiro atoms. The number of amides is 1. The van der Waals surface area contributed by atoms with Gasteiger partial charge in [-0.3, -0.25) is 9.48 Å². The lowest BCUT2D eigenvalue weighted by Gasteiger charge is -2.08. The number of aromatic nitrogens is 2. The summed E-state index contributed by atoms with van der Waals surface area (Å²) in [6, 6.07) is 21.6. The third-order valence-corrected chi connectivity index (χ3v) is 4.68. The zero-order chi connectivity index (χ0) is 19.3. The van der Waals surface area contributed by atoms with Crippen molar-refractivity contribution in [3.05, 3.63) is 95.8 Å². The summed E-state index contributed by atoms with van der Waals surface area (Å²) >= 11 is 0. The van der Waals surface area contributed by atoms with Crippen LogP contribution in [-0.4, -0.2) is 22.8 Å². The first kappa shape index (κ1) is 17.8. The van der Waals surface area contributed by atoms with Crippen LogP contribution >= 0.6 is 0 Å². The molecule has 1 amide bonds. The van der Waals surface area contributed by atoms with Crippen molar-refractivity contribution < 1.29 is 9.53 Å². The summed E-state index contributed by atoms with van der Waals surface area (Å²) in [5.74, 6) is 0.755. The van der Waals surface area contributed by atoms with E-state index in [1.807, 2.05) is 71.5 Å². The van der Waals surface area contributed by atoms with Crippen LogP contribution in [0.2, 0.25) is 0 Å². The van der Waals surface area contributed by atoms with Gasteiger partial charge in [0.15, 0.2) is 0 Å². The molecule has 4 rings (SSSR count). The first-order valence-corrected chi connectivity index (χ1v) is 9.12. The van der Waals surface area contributed by atoms with Gasteiger partial charge in [-0.2, -0.15) is 5.10 Å². The fourth-order valence-electron chi connectivity index (χ4n) is 3.14. The number of rotatable bonds is 6. The van der Waals surface area contributed by atoms with Crippen LogP contribution < -0.4 is 10.1 Å². The van der Waals surface area contributed by atoms with Crippen molar-refractivity contribution in [1.29, 1.82) is 0 Å². The Kier molecular flexibility index (Phi) is 5.06. The highest BCUT2D eigenvalue weighted by Gasteiger charge is 2.06. The largest absolute Gasteiger partial charge is 0.497 e. The molecule has 0 bridgehead atoms. The summed E-state index contributed by atoms with van der Waals surface area (Å²) in [4.78, 5) is 12.4. The second-order valence-corrected chi connectivity index (χ2v) is 6.63. The average molecular weight is 371 g/mol. The SMILES string of the molecule is COc1ccc2cc(CNC(=O)c3ccc(Cn4cccn4)cc3)ccc2c1. The molecule has 0 fully saturated rings. The van der Waals surface area contributed by atoms with Crippen molar-refractivity contribution in [2.24, 2.45) is 0 Å². The van der Waals surface area contributed by atoms with E-state index in [2.05, 4.69) is 16.5 Å². The summed E-state index contributed by atoms with van der Waals surface area (Å²) in [7, 11) is 1.66. The van der Waals surface area contributed by atoms with Gasteiger partial charge in [-0.25, -0.2) is 0 Å².